The molecule has 1 aromatic heterocycles. The van der Waals surface area contributed by atoms with Crippen molar-refractivity contribution in [2.45, 2.75) is 18.9 Å². The molecule has 0 saturated heterocycles. The molecule has 4 aromatic rings. The van der Waals surface area contributed by atoms with Gasteiger partial charge in [0.15, 0.2) is 4.80 Å². The van der Waals surface area contributed by atoms with E-state index < -0.39 is 0 Å². The molecule has 3 nitrogen and oxygen atoms in total. The van der Waals surface area contributed by atoms with E-state index in [1.165, 1.54) is 29.0 Å². The Labute approximate surface area is 208 Å². The van der Waals surface area contributed by atoms with E-state index in [0.717, 1.165) is 40.8 Å². The van der Waals surface area contributed by atoms with Crippen molar-refractivity contribution in [3.8, 4) is 0 Å². The third kappa shape index (κ3) is 3.56. The van der Waals surface area contributed by atoms with Gasteiger partial charge in [-0.2, -0.15) is 0 Å². The summed E-state index contributed by atoms with van der Waals surface area (Å²) in [4.78, 5) is 19.3. The van der Waals surface area contributed by atoms with Crippen LogP contribution < -0.4 is 14.9 Å². The third-order valence-electron chi connectivity index (χ3n) is 6.30. The Hall–Kier alpha value is -2.99. The van der Waals surface area contributed by atoms with Gasteiger partial charge in [0.05, 0.1) is 16.3 Å². The van der Waals surface area contributed by atoms with E-state index in [1.807, 2.05) is 18.2 Å². The summed E-state index contributed by atoms with van der Waals surface area (Å²) in [6, 6.07) is 19.4. The number of benzene rings is 3. The number of hydrogen-bond acceptors (Lipinski definition) is 3. The molecule has 3 aromatic carbocycles. The average molecular weight is 507 g/mol. The van der Waals surface area contributed by atoms with Gasteiger partial charge in [-0.3, -0.25) is 9.36 Å². The Morgan fingerprint density at radius 2 is 1.82 bits per heavy atom. The van der Waals surface area contributed by atoms with Crippen LogP contribution in [-0.2, 0) is 6.42 Å². The second-order valence-electron chi connectivity index (χ2n) is 8.33. The summed E-state index contributed by atoms with van der Waals surface area (Å²) in [5.41, 5.74) is 5.75. The monoisotopic (exact) mass is 506 g/mol. The van der Waals surface area contributed by atoms with Crippen molar-refractivity contribution in [2.24, 2.45) is 4.99 Å². The van der Waals surface area contributed by atoms with Gasteiger partial charge in [0.25, 0.3) is 5.56 Å². The summed E-state index contributed by atoms with van der Waals surface area (Å²) < 4.78 is 15.6. The molecule has 168 valence electrons. The quantitative estimate of drug-likeness (QED) is 0.340. The molecule has 2 aliphatic rings. The Balaban J connectivity index is 1.64. The van der Waals surface area contributed by atoms with Gasteiger partial charge in [-0.15, -0.1) is 0 Å². The molecule has 0 saturated carbocycles. The summed E-state index contributed by atoms with van der Waals surface area (Å²) in [6.45, 7) is 0. The van der Waals surface area contributed by atoms with E-state index >= 15 is 0 Å². The lowest BCUT2D eigenvalue weighted by Gasteiger charge is -2.31. The normalized spacial score (nSPS) is 17.1. The molecule has 2 heterocycles. The largest absolute Gasteiger partial charge is 0.272 e. The fraction of sp³-hybridized carbons (Fsp3) is 0.111. The van der Waals surface area contributed by atoms with E-state index in [1.54, 1.807) is 34.9 Å². The summed E-state index contributed by atoms with van der Waals surface area (Å²) in [7, 11) is 0. The molecule has 7 heteroatoms. The number of rotatable bonds is 2. The molecule has 1 aliphatic heterocycles. The molecule has 0 amide bonds. The minimum atomic E-state index is -0.375. The van der Waals surface area contributed by atoms with Gasteiger partial charge >= 0.3 is 0 Å². The van der Waals surface area contributed by atoms with Crippen molar-refractivity contribution in [3.05, 3.63) is 130 Å². The first-order chi connectivity index (χ1) is 16.5. The summed E-state index contributed by atoms with van der Waals surface area (Å²) in [5, 5.41) is 1.05. The SMILES string of the molecule is O=c1/c(=C\c2ccc(F)cc2)sc2n1[C@H](c1ccc(Cl)cc1Cl)C1=C(N=2)c2ccccc2CC1. The van der Waals surface area contributed by atoms with Gasteiger partial charge in [-0.1, -0.05) is 77.0 Å². The highest BCUT2D eigenvalue weighted by Gasteiger charge is 2.33. The van der Waals surface area contributed by atoms with Crippen LogP contribution in [0.1, 0.15) is 34.7 Å². The van der Waals surface area contributed by atoms with Crippen LogP contribution in [0, 0.1) is 5.82 Å². The number of thiazole rings is 1. The molecule has 0 fully saturated rings. The zero-order valence-corrected chi connectivity index (χ0v) is 20.1. The van der Waals surface area contributed by atoms with Crippen LogP contribution in [0.15, 0.2) is 82.1 Å². The topological polar surface area (TPSA) is 34.4 Å². The Morgan fingerprint density at radius 1 is 1.03 bits per heavy atom. The predicted octanol–water partition coefficient (Wildman–Crippen LogP) is 5.76. The first-order valence-corrected chi connectivity index (χ1v) is 12.4. The molecule has 0 bridgehead atoms. The van der Waals surface area contributed by atoms with Crippen LogP contribution in [0.4, 0.5) is 4.39 Å². The van der Waals surface area contributed by atoms with E-state index in [0.29, 0.717) is 19.4 Å². The molecule has 34 heavy (non-hydrogen) atoms. The second kappa shape index (κ2) is 8.35. The molecule has 0 unspecified atom stereocenters. The second-order valence-corrected chi connectivity index (χ2v) is 10.2. The van der Waals surface area contributed by atoms with E-state index in [9.17, 15) is 9.18 Å². The number of halogens is 3. The molecule has 0 spiro atoms. The van der Waals surface area contributed by atoms with E-state index in [-0.39, 0.29) is 17.4 Å². The lowest BCUT2D eigenvalue weighted by molar-refractivity contribution is 0.585. The summed E-state index contributed by atoms with van der Waals surface area (Å²) >= 11 is 14.2. The van der Waals surface area contributed by atoms with Crippen LogP contribution in [0.3, 0.4) is 0 Å². The number of fused-ring (bicyclic) bond motifs is 3. The Morgan fingerprint density at radius 3 is 2.62 bits per heavy atom. The highest BCUT2D eigenvalue weighted by atomic mass is 35.5. The molecular formula is C27H17Cl2FN2OS. The lowest BCUT2D eigenvalue weighted by Crippen LogP contribution is -2.38. The third-order valence-corrected chi connectivity index (χ3v) is 7.84. The fourth-order valence-electron chi connectivity index (χ4n) is 4.73. The zero-order valence-electron chi connectivity index (χ0n) is 17.8. The smallest absolute Gasteiger partial charge is 0.271 e. The molecule has 1 aliphatic carbocycles. The highest BCUT2D eigenvalue weighted by molar-refractivity contribution is 7.07. The molecule has 6 rings (SSSR count). The van der Waals surface area contributed by atoms with Gasteiger partial charge in [0, 0.05) is 15.6 Å². The molecule has 1 atom stereocenters. The zero-order chi connectivity index (χ0) is 23.4. The van der Waals surface area contributed by atoms with Gasteiger partial charge in [0.2, 0.25) is 0 Å². The van der Waals surface area contributed by atoms with Crippen molar-refractivity contribution < 1.29 is 4.39 Å². The number of hydrogen-bond donors (Lipinski definition) is 0. The fourth-order valence-corrected chi connectivity index (χ4v) is 6.25. The maximum atomic E-state index is 13.7. The first kappa shape index (κ1) is 21.5. The number of nitrogens with zero attached hydrogens (tertiary/aromatic N) is 2. The van der Waals surface area contributed by atoms with Gasteiger partial charge in [-0.25, -0.2) is 9.38 Å². The van der Waals surface area contributed by atoms with Crippen molar-refractivity contribution in [3.63, 3.8) is 0 Å². The summed E-state index contributed by atoms with van der Waals surface area (Å²) in [6.07, 6.45) is 3.42. The highest BCUT2D eigenvalue weighted by Crippen LogP contribution is 2.43. The minimum absolute atomic E-state index is 0.144. The van der Waals surface area contributed by atoms with Crippen LogP contribution in [0.2, 0.25) is 10.0 Å². The van der Waals surface area contributed by atoms with Crippen LogP contribution in [-0.4, -0.2) is 4.57 Å². The van der Waals surface area contributed by atoms with Crippen molar-refractivity contribution >= 4 is 46.3 Å². The van der Waals surface area contributed by atoms with Gasteiger partial charge < -0.3 is 0 Å². The predicted molar refractivity (Wildman–Crippen MR) is 136 cm³/mol. The molecule has 0 radical (unpaired) electrons. The van der Waals surface area contributed by atoms with Crippen LogP contribution >= 0.6 is 34.5 Å². The standard InChI is InChI=1S/C27H17Cl2FN2OS/c28-17-8-12-20(22(29)14-17)25-21-11-7-16-3-1-2-4-19(16)24(21)31-27-32(25)26(33)23(34-27)13-15-5-9-18(30)10-6-15/h1-6,8-10,12-14,25H,7,11H2/b23-13+/t25-/m1/s1. The lowest BCUT2D eigenvalue weighted by atomic mass is 9.83. The Bertz CT molecular complexity index is 1670. The molecular weight excluding hydrogens is 490 g/mol. The summed E-state index contributed by atoms with van der Waals surface area (Å²) in [5.74, 6) is -0.317. The maximum absolute atomic E-state index is 13.7. The Kier molecular flexibility index (Phi) is 5.29. The average Bonchev–Trinajstić information content (AvgIpc) is 3.14. The van der Waals surface area contributed by atoms with E-state index in [4.69, 9.17) is 28.2 Å². The van der Waals surface area contributed by atoms with Crippen molar-refractivity contribution in [1.29, 1.82) is 0 Å². The van der Waals surface area contributed by atoms with Crippen LogP contribution in [0.5, 0.6) is 0 Å². The number of aromatic nitrogens is 1. The number of aryl methyl sites for hydroxylation is 1. The van der Waals surface area contributed by atoms with Crippen LogP contribution in [0.25, 0.3) is 11.8 Å². The van der Waals surface area contributed by atoms with Gasteiger partial charge in [-0.05, 0) is 65.4 Å². The first-order valence-electron chi connectivity index (χ1n) is 10.8. The maximum Gasteiger partial charge on any atom is 0.271 e. The van der Waals surface area contributed by atoms with Crippen molar-refractivity contribution in [1.82, 2.24) is 4.57 Å². The van der Waals surface area contributed by atoms with Crippen molar-refractivity contribution in [2.75, 3.05) is 0 Å². The molecule has 0 N–H and O–H groups in total. The number of allylic oxidation sites excluding steroid dienone is 1. The minimum Gasteiger partial charge on any atom is -0.272 e. The van der Waals surface area contributed by atoms with Gasteiger partial charge in [0.1, 0.15) is 5.82 Å². The van der Waals surface area contributed by atoms with E-state index in [2.05, 4.69) is 12.1 Å².